The zero-order chi connectivity index (χ0) is 19.2. The van der Waals surface area contributed by atoms with Crippen LogP contribution in [0.2, 0.25) is 0 Å². The standard InChI is InChI=1S/C20H23N5O2/c1-15-13-16(2)25(20(27)22-15)12-9-19(26)23-18(14-24-11-6-10-21-24)17-7-4-3-5-8-17/h3-8,10-11,13,18H,9,12,14H2,1-2H3,(H,23,26)/t18-/m0/s1. The summed E-state index contributed by atoms with van der Waals surface area (Å²) in [5.41, 5.74) is 2.17. The molecule has 7 heteroatoms. The third-order valence-electron chi connectivity index (χ3n) is 4.37. The predicted molar refractivity (Wildman–Crippen MR) is 102 cm³/mol. The van der Waals surface area contributed by atoms with Gasteiger partial charge in [-0.05, 0) is 31.5 Å². The molecule has 1 aromatic carbocycles. The molecule has 7 nitrogen and oxygen atoms in total. The van der Waals surface area contributed by atoms with Crippen LogP contribution in [0.4, 0.5) is 0 Å². The van der Waals surface area contributed by atoms with E-state index in [1.54, 1.807) is 17.8 Å². The number of hydrogen-bond acceptors (Lipinski definition) is 4. The summed E-state index contributed by atoms with van der Waals surface area (Å²) >= 11 is 0. The highest BCUT2D eigenvalue weighted by Gasteiger charge is 2.16. The molecule has 0 spiro atoms. The molecule has 0 aliphatic carbocycles. The first-order valence-electron chi connectivity index (χ1n) is 8.90. The Morgan fingerprint density at radius 3 is 2.63 bits per heavy atom. The molecule has 2 aromatic heterocycles. The smallest absolute Gasteiger partial charge is 0.347 e. The van der Waals surface area contributed by atoms with Gasteiger partial charge in [0.05, 0.1) is 12.6 Å². The van der Waals surface area contributed by atoms with Crippen molar-refractivity contribution in [2.45, 2.75) is 39.4 Å². The van der Waals surface area contributed by atoms with Gasteiger partial charge in [-0.2, -0.15) is 10.1 Å². The van der Waals surface area contributed by atoms with Gasteiger partial charge in [-0.1, -0.05) is 30.3 Å². The summed E-state index contributed by atoms with van der Waals surface area (Å²) < 4.78 is 3.31. The summed E-state index contributed by atoms with van der Waals surface area (Å²) in [5.74, 6) is -0.122. The molecule has 0 fully saturated rings. The van der Waals surface area contributed by atoms with Crippen molar-refractivity contribution in [3.8, 4) is 0 Å². The average Bonchev–Trinajstić information content (AvgIpc) is 3.14. The highest BCUT2D eigenvalue weighted by Crippen LogP contribution is 2.15. The Morgan fingerprint density at radius 2 is 1.96 bits per heavy atom. The Hall–Kier alpha value is -3.22. The van der Waals surface area contributed by atoms with Gasteiger partial charge in [0.25, 0.3) is 0 Å². The molecule has 3 rings (SSSR count). The molecular weight excluding hydrogens is 342 g/mol. The lowest BCUT2D eigenvalue weighted by Gasteiger charge is -2.20. The molecule has 1 amide bonds. The van der Waals surface area contributed by atoms with Crippen LogP contribution < -0.4 is 11.0 Å². The zero-order valence-corrected chi connectivity index (χ0v) is 15.5. The van der Waals surface area contributed by atoms with E-state index in [1.165, 1.54) is 4.57 Å². The topological polar surface area (TPSA) is 81.8 Å². The van der Waals surface area contributed by atoms with Crippen molar-refractivity contribution in [2.75, 3.05) is 0 Å². The van der Waals surface area contributed by atoms with E-state index in [2.05, 4.69) is 15.4 Å². The number of aryl methyl sites for hydroxylation is 2. The summed E-state index contributed by atoms with van der Waals surface area (Å²) in [6.45, 7) is 4.46. The number of hydrogen-bond donors (Lipinski definition) is 1. The fraction of sp³-hybridized carbons (Fsp3) is 0.300. The van der Waals surface area contributed by atoms with Crippen molar-refractivity contribution < 1.29 is 4.79 Å². The summed E-state index contributed by atoms with van der Waals surface area (Å²) in [4.78, 5) is 28.5. The van der Waals surface area contributed by atoms with E-state index in [0.717, 1.165) is 11.3 Å². The SMILES string of the molecule is Cc1cc(C)n(CCC(=O)N[C@@H](Cn2cccn2)c2ccccc2)c(=O)n1. The van der Waals surface area contributed by atoms with Crippen LogP contribution in [-0.2, 0) is 17.9 Å². The van der Waals surface area contributed by atoms with Crippen molar-refractivity contribution in [1.29, 1.82) is 0 Å². The number of aromatic nitrogens is 4. The first-order chi connectivity index (χ1) is 13.0. The molecule has 0 bridgehead atoms. The lowest BCUT2D eigenvalue weighted by Crippen LogP contribution is -2.33. The van der Waals surface area contributed by atoms with Crippen LogP contribution in [0.15, 0.2) is 59.7 Å². The van der Waals surface area contributed by atoms with Gasteiger partial charge in [0.1, 0.15) is 0 Å². The van der Waals surface area contributed by atoms with Gasteiger partial charge >= 0.3 is 5.69 Å². The van der Waals surface area contributed by atoms with Gasteiger partial charge in [-0.25, -0.2) is 4.79 Å². The van der Waals surface area contributed by atoms with Crippen molar-refractivity contribution in [1.82, 2.24) is 24.6 Å². The molecular formula is C20H23N5O2. The lowest BCUT2D eigenvalue weighted by atomic mass is 10.1. The lowest BCUT2D eigenvalue weighted by molar-refractivity contribution is -0.122. The largest absolute Gasteiger partial charge is 0.347 e. The minimum Gasteiger partial charge on any atom is -0.347 e. The van der Waals surface area contributed by atoms with Gasteiger partial charge in [-0.3, -0.25) is 14.0 Å². The Bertz CT molecular complexity index is 948. The normalized spacial score (nSPS) is 11.9. The molecule has 140 valence electrons. The number of rotatable bonds is 7. The van der Waals surface area contributed by atoms with Gasteiger partial charge < -0.3 is 5.32 Å². The predicted octanol–water partition coefficient (Wildman–Crippen LogP) is 2.00. The van der Waals surface area contributed by atoms with E-state index >= 15 is 0 Å². The summed E-state index contributed by atoms with van der Waals surface area (Å²) in [6, 6.07) is 13.3. The molecule has 0 aliphatic heterocycles. The fourth-order valence-electron chi connectivity index (χ4n) is 3.04. The van der Waals surface area contributed by atoms with E-state index < -0.39 is 0 Å². The third kappa shape index (κ3) is 4.91. The maximum absolute atomic E-state index is 12.5. The second-order valence-corrected chi connectivity index (χ2v) is 6.48. The average molecular weight is 365 g/mol. The summed E-state index contributed by atoms with van der Waals surface area (Å²) in [5, 5.41) is 7.28. The molecule has 1 atom stereocenters. The third-order valence-corrected chi connectivity index (χ3v) is 4.37. The van der Waals surface area contributed by atoms with E-state index in [4.69, 9.17) is 0 Å². The van der Waals surface area contributed by atoms with Crippen molar-refractivity contribution in [2.24, 2.45) is 0 Å². The zero-order valence-electron chi connectivity index (χ0n) is 15.5. The van der Waals surface area contributed by atoms with Gasteiger partial charge in [0.15, 0.2) is 0 Å². The number of carbonyl (C=O) groups is 1. The molecule has 0 saturated heterocycles. The Kier molecular flexibility index (Phi) is 5.80. The van der Waals surface area contributed by atoms with E-state index in [-0.39, 0.29) is 24.1 Å². The summed E-state index contributed by atoms with van der Waals surface area (Å²) in [6.07, 6.45) is 3.78. The number of nitrogens with zero attached hydrogens (tertiary/aromatic N) is 4. The minimum atomic E-state index is -0.323. The highest BCUT2D eigenvalue weighted by molar-refractivity contribution is 5.76. The van der Waals surface area contributed by atoms with Crippen molar-refractivity contribution in [3.63, 3.8) is 0 Å². The molecule has 0 unspecified atom stereocenters. The molecule has 27 heavy (non-hydrogen) atoms. The first-order valence-corrected chi connectivity index (χ1v) is 8.90. The van der Waals surface area contributed by atoms with E-state index in [9.17, 15) is 9.59 Å². The van der Waals surface area contributed by atoms with E-state index in [1.807, 2.05) is 55.6 Å². The quantitative estimate of drug-likeness (QED) is 0.694. The van der Waals surface area contributed by atoms with Crippen LogP contribution in [0.3, 0.4) is 0 Å². The molecule has 0 radical (unpaired) electrons. The fourth-order valence-corrected chi connectivity index (χ4v) is 3.04. The van der Waals surface area contributed by atoms with Crippen LogP contribution >= 0.6 is 0 Å². The molecule has 3 aromatic rings. The van der Waals surface area contributed by atoms with Crippen LogP contribution in [0.25, 0.3) is 0 Å². The number of amides is 1. The molecule has 0 saturated carbocycles. The Balaban J connectivity index is 1.68. The second kappa shape index (κ2) is 8.44. The maximum atomic E-state index is 12.5. The Morgan fingerprint density at radius 1 is 1.19 bits per heavy atom. The molecule has 2 heterocycles. The van der Waals surface area contributed by atoms with Crippen LogP contribution in [-0.4, -0.2) is 25.2 Å². The number of benzene rings is 1. The van der Waals surface area contributed by atoms with Crippen LogP contribution in [0, 0.1) is 13.8 Å². The molecule has 0 aliphatic rings. The van der Waals surface area contributed by atoms with Gasteiger partial charge in [0, 0.05) is 36.7 Å². The minimum absolute atomic E-state index is 0.122. The monoisotopic (exact) mass is 365 g/mol. The number of carbonyl (C=O) groups excluding carboxylic acids is 1. The first kappa shape index (κ1) is 18.6. The Labute approximate surface area is 157 Å². The van der Waals surface area contributed by atoms with Crippen LogP contribution in [0.5, 0.6) is 0 Å². The second-order valence-electron chi connectivity index (χ2n) is 6.48. The summed E-state index contributed by atoms with van der Waals surface area (Å²) in [7, 11) is 0. The highest BCUT2D eigenvalue weighted by atomic mass is 16.2. The van der Waals surface area contributed by atoms with Gasteiger partial charge in [-0.15, -0.1) is 0 Å². The van der Waals surface area contributed by atoms with Gasteiger partial charge in [0.2, 0.25) is 5.91 Å². The van der Waals surface area contributed by atoms with Crippen molar-refractivity contribution >= 4 is 5.91 Å². The molecule has 1 N–H and O–H groups in total. The maximum Gasteiger partial charge on any atom is 0.347 e. The van der Waals surface area contributed by atoms with E-state index in [0.29, 0.717) is 18.8 Å². The number of nitrogens with one attached hydrogen (secondary N) is 1. The van der Waals surface area contributed by atoms with Crippen LogP contribution in [0.1, 0.15) is 29.4 Å². The van der Waals surface area contributed by atoms with Crippen molar-refractivity contribution in [3.05, 3.63) is 82.3 Å².